The minimum absolute atomic E-state index is 0.0764. The van der Waals surface area contributed by atoms with Crippen LogP contribution in [0.25, 0.3) is 0 Å². The molecule has 1 amide bonds. The molecule has 1 unspecified atom stereocenters. The Morgan fingerprint density at radius 3 is 2.70 bits per heavy atom. The lowest BCUT2D eigenvalue weighted by Gasteiger charge is -2.20. The third kappa shape index (κ3) is 5.41. The number of hydrogen-bond acceptors (Lipinski definition) is 2. The summed E-state index contributed by atoms with van der Waals surface area (Å²) in [6.07, 6.45) is 3.40. The van der Waals surface area contributed by atoms with Crippen LogP contribution < -0.4 is 4.74 Å². The smallest absolute Gasteiger partial charge is 0.240 e. The van der Waals surface area contributed by atoms with E-state index in [0.29, 0.717) is 13.2 Å². The van der Waals surface area contributed by atoms with Crippen LogP contribution in [0.15, 0.2) is 24.3 Å². The lowest BCUT2D eigenvalue weighted by Crippen LogP contribution is -2.31. The zero-order chi connectivity index (χ0) is 15.0. The number of halogens is 1. The van der Waals surface area contributed by atoms with E-state index in [0.717, 1.165) is 17.7 Å². The number of benzene rings is 1. The van der Waals surface area contributed by atoms with Gasteiger partial charge in [-0.25, -0.2) is 0 Å². The standard InChI is InChI=1S/C16H24ClNO2/c1-4-5-8-11-20-15-10-7-6-9-14(15)12-18(3)16(19)13(2)17/h6-7,9-10,13H,4-5,8,11-12H2,1-3H3. The highest BCUT2D eigenvalue weighted by molar-refractivity contribution is 6.30. The van der Waals surface area contributed by atoms with Crippen LogP contribution in [0.3, 0.4) is 0 Å². The van der Waals surface area contributed by atoms with Crippen LogP contribution in [0.4, 0.5) is 0 Å². The molecule has 0 spiro atoms. The highest BCUT2D eigenvalue weighted by Crippen LogP contribution is 2.20. The number of carbonyl (C=O) groups excluding carboxylic acids is 1. The van der Waals surface area contributed by atoms with Crippen LogP contribution in [-0.2, 0) is 11.3 Å². The van der Waals surface area contributed by atoms with Crippen LogP contribution in [0.1, 0.15) is 38.7 Å². The summed E-state index contributed by atoms with van der Waals surface area (Å²) in [5, 5.41) is -0.502. The predicted octanol–water partition coefficient (Wildman–Crippen LogP) is 3.84. The number of unbranched alkanes of at least 4 members (excludes halogenated alkanes) is 2. The zero-order valence-corrected chi connectivity index (χ0v) is 13.3. The van der Waals surface area contributed by atoms with Gasteiger partial charge in [0.1, 0.15) is 11.1 Å². The summed E-state index contributed by atoms with van der Waals surface area (Å²) in [6.45, 7) is 5.09. The van der Waals surface area contributed by atoms with Gasteiger partial charge in [0.25, 0.3) is 0 Å². The predicted molar refractivity (Wildman–Crippen MR) is 83.3 cm³/mol. The first-order valence-electron chi connectivity index (χ1n) is 7.16. The number of nitrogens with zero attached hydrogens (tertiary/aromatic N) is 1. The Morgan fingerprint density at radius 2 is 2.05 bits per heavy atom. The Labute approximate surface area is 126 Å². The van der Waals surface area contributed by atoms with E-state index >= 15 is 0 Å². The largest absolute Gasteiger partial charge is 0.493 e. The van der Waals surface area contributed by atoms with E-state index < -0.39 is 5.38 Å². The Kier molecular flexibility index (Phi) is 7.45. The van der Waals surface area contributed by atoms with Gasteiger partial charge in [-0.2, -0.15) is 0 Å². The maximum Gasteiger partial charge on any atom is 0.240 e. The molecule has 0 bridgehead atoms. The van der Waals surface area contributed by atoms with Gasteiger partial charge in [-0.1, -0.05) is 38.0 Å². The normalized spacial score (nSPS) is 12.0. The molecular weight excluding hydrogens is 274 g/mol. The van der Waals surface area contributed by atoms with E-state index in [1.165, 1.54) is 12.8 Å². The van der Waals surface area contributed by atoms with Crippen molar-refractivity contribution < 1.29 is 9.53 Å². The fourth-order valence-corrected chi connectivity index (χ4v) is 2.11. The maximum absolute atomic E-state index is 11.8. The molecule has 0 aliphatic heterocycles. The van der Waals surface area contributed by atoms with Crippen molar-refractivity contribution in [2.45, 2.75) is 45.0 Å². The SMILES string of the molecule is CCCCCOc1ccccc1CN(C)C(=O)C(C)Cl. The lowest BCUT2D eigenvalue weighted by atomic mass is 10.2. The molecule has 0 aliphatic carbocycles. The van der Waals surface area contributed by atoms with E-state index in [1.54, 1.807) is 18.9 Å². The van der Waals surface area contributed by atoms with Gasteiger partial charge in [0.2, 0.25) is 5.91 Å². The molecule has 4 heteroatoms. The van der Waals surface area contributed by atoms with Gasteiger partial charge in [-0.15, -0.1) is 11.6 Å². The zero-order valence-electron chi connectivity index (χ0n) is 12.6. The molecule has 0 radical (unpaired) electrons. The number of amides is 1. The second-order valence-corrected chi connectivity index (χ2v) is 5.63. The van der Waals surface area contributed by atoms with Crippen molar-refractivity contribution in [3.63, 3.8) is 0 Å². The molecule has 0 saturated carbocycles. The average Bonchev–Trinajstić information content (AvgIpc) is 2.44. The van der Waals surface area contributed by atoms with E-state index in [2.05, 4.69) is 6.92 Å². The lowest BCUT2D eigenvalue weighted by molar-refractivity contribution is -0.129. The third-order valence-corrected chi connectivity index (χ3v) is 3.29. The molecule has 0 saturated heterocycles. The highest BCUT2D eigenvalue weighted by Gasteiger charge is 2.16. The molecule has 1 atom stereocenters. The third-order valence-electron chi connectivity index (χ3n) is 3.10. The molecule has 1 aromatic carbocycles. The first-order chi connectivity index (χ1) is 9.56. The number of carbonyl (C=O) groups is 1. The van der Waals surface area contributed by atoms with Crippen molar-refractivity contribution in [3.05, 3.63) is 29.8 Å². The molecule has 20 heavy (non-hydrogen) atoms. The van der Waals surface area contributed by atoms with Crippen molar-refractivity contribution in [2.24, 2.45) is 0 Å². The van der Waals surface area contributed by atoms with E-state index in [4.69, 9.17) is 16.3 Å². The number of para-hydroxylation sites is 1. The van der Waals surface area contributed by atoms with Crippen LogP contribution >= 0.6 is 11.6 Å². The Morgan fingerprint density at radius 1 is 1.35 bits per heavy atom. The van der Waals surface area contributed by atoms with Crippen molar-refractivity contribution in [1.29, 1.82) is 0 Å². The highest BCUT2D eigenvalue weighted by atomic mass is 35.5. The van der Waals surface area contributed by atoms with E-state index in [9.17, 15) is 4.79 Å². The number of rotatable bonds is 8. The van der Waals surface area contributed by atoms with Gasteiger partial charge < -0.3 is 9.64 Å². The number of hydrogen-bond donors (Lipinski definition) is 0. The molecule has 0 aliphatic rings. The number of ether oxygens (including phenoxy) is 1. The van der Waals surface area contributed by atoms with Gasteiger partial charge in [0, 0.05) is 19.2 Å². The first kappa shape index (κ1) is 16.8. The van der Waals surface area contributed by atoms with Gasteiger partial charge in [0.05, 0.1) is 6.61 Å². The van der Waals surface area contributed by atoms with Gasteiger partial charge >= 0.3 is 0 Å². The Bertz CT molecular complexity index is 421. The summed E-state index contributed by atoms with van der Waals surface area (Å²) in [7, 11) is 1.76. The topological polar surface area (TPSA) is 29.5 Å². The summed E-state index contributed by atoms with van der Waals surface area (Å²) >= 11 is 5.83. The van der Waals surface area contributed by atoms with E-state index in [-0.39, 0.29) is 5.91 Å². The van der Waals surface area contributed by atoms with Crippen LogP contribution in [0.5, 0.6) is 5.75 Å². The fourth-order valence-electron chi connectivity index (χ4n) is 1.95. The quantitative estimate of drug-likeness (QED) is 0.539. The summed E-state index contributed by atoms with van der Waals surface area (Å²) in [4.78, 5) is 13.4. The van der Waals surface area contributed by atoms with Gasteiger partial charge in [-0.05, 0) is 19.4 Å². The molecular formula is C16H24ClNO2. The molecule has 0 N–H and O–H groups in total. The molecule has 3 nitrogen and oxygen atoms in total. The summed E-state index contributed by atoms with van der Waals surface area (Å²) in [6, 6.07) is 7.84. The minimum Gasteiger partial charge on any atom is -0.493 e. The molecule has 1 aromatic rings. The fraction of sp³-hybridized carbons (Fsp3) is 0.562. The van der Waals surface area contributed by atoms with Crippen molar-refractivity contribution in [2.75, 3.05) is 13.7 Å². The van der Waals surface area contributed by atoms with Crippen LogP contribution in [0, 0.1) is 0 Å². The van der Waals surface area contributed by atoms with E-state index in [1.807, 2.05) is 24.3 Å². The molecule has 0 aromatic heterocycles. The average molecular weight is 298 g/mol. The minimum atomic E-state index is -0.502. The molecule has 112 valence electrons. The number of alkyl halides is 1. The van der Waals surface area contributed by atoms with Crippen molar-refractivity contribution >= 4 is 17.5 Å². The summed E-state index contributed by atoms with van der Waals surface area (Å²) in [5.41, 5.74) is 1.01. The monoisotopic (exact) mass is 297 g/mol. The Balaban J connectivity index is 2.63. The molecule has 0 heterocycles. The first-order valence-corrected chi connectivity index (χ1v) is 7.59. The van der Waals surface area contributed by atoms with Crippen molar-refractivity contribution in [3.8, 4) is 5.75 Å². The molecule has 1 rings (SSSR count). The Hall–Kier alpha value is -1.22. The molecule has 0 fully saturated rings. The second kappa shape index (κ2) is 8.85. The van der Waals surface area contributed by atoms with Gasteiger partial charge in [0.15, 0.2) is 0 Å². The van der Waals surface area contributed by atoms with Gasteiger partial charge in [-0.3, -0.25) is 4.79 Å². The summed E-state index contributed by atoms with van der Waals surface area (Å²) in [5.74, 6) is 0.776. The van der Waals surface area contributed by atoms with Crippen LogP contribution in [0.2, 0.25) is 0 Å². The second-order valence-electron chi connectivity index (χ2n) is 4.97. The van der Waals surface area contributed by atoms with Crippen LogP contribution in [-0.4, -0.2) is 29.8 Å². The maximum atomic E-state index is 11.8. The van der Waals surface area contributed by atoms with Crippen molar-refractivity contribution in [1.82, 2.24) is 4.90 Å². The summed E-state index contributed by atoms with van der Waals surface area (Å²) < 4.78 is 5.81.